The lowest BCUT2D eigenvalue weighted by molar-refractivity contribution is 0.669. The van der Waals surface area contributed by atoms with Gasteiger partial charge in [-0.15, -0.1) is 0 Å². The van der Waals surface area contributed by atoms with Gasteiger partial charge in [-0.2, -0.15) is 5.10 Å². The Kier molecular flexibility index (Phi) is 3.53. The van der Waals surface area contributed by atoms with Crippen LogP contribution in [0.5, 0.6) is 0 Å². The topological polar surface area (TPSA) is 43.8 Å². The van der Waals surface area contributed by atoms with Gasteiger partial charge in [0.2, 0.25) is 0 Å². The molecule has 0 fully saturated rings. The van der Waals surface area contributed by atoms with Gasteiger partial charge >= 0.3 is 0 Å². The van der Waals surface area contributed by atoms with Crippen LogP contribution in [0.2, 0.25) is 0 Å². The van der Waals surface area contributed by atoms with Gasteiger partial charge < -0.3 is 5.73 Å². The van der Waals surface area contributed by atoms with Crippen molar-refractivity contribution in [2.45, 2.75) is 33.2 Å². The second kappa shape index (κ2) is 4.94. The SMILES string of the molecule is Cc1cc(C)c(C(N)Cc2ccn(C)n2)c(C)c1. The molecular weight excluding hydrogens is 222 g/mol. The summed E-state index contributed by atoms with van der Waals surface area (Å²) in [5.74, 6) is 0. The van der Waals surface area contributed by atoms with E-state index >= 15 is 0 Å². The summed E-state index contributed by atoms with van der Waals surface area (Å²) in [5, 5.41) is 4.39. The van der Waals surface area contributed by atoms with Gasteiger partial charge in [0.05, 0.1) is 5.69 Å². The first-order valence-electron chi connectivity index (χ1n) is 6.29. The molecule has 0 aliphatic carbocycles. The minimum atomic E-state index is 0.0144. The van der Waals surface area contributed by atoms with Gasteiger partial charge in [-0.25, -0.2) is 0 Å². The van der Waals surface area contributed by atoms with Crippen molar-refractivity contribution in [3.63, 3.8) is 0 Å². The van der Waals surface area contributed by atoms with Crippen LogP contribution in [0, 0.1) is 20.8 Å². The first-order valence-corrected chi connectivity index (χ1v) is 6.29. The normalized spacial score (nSPS) is 12.7. The standard InChI is InChI=1S/C15H21N3/c1-10-7-11(2)15(12(3)8-10)14(16)9-13-5-6-18(4)17-13/h5-8,14H,9,16H2,1-4H3. The maximum Gasteiger partial charge on any atom is 0.0643 e. The maximum atomic E-state index is 6.34. The molecule has 0 saturated heterocycles. The predicted octanol–water partition coefficient (Wildman–Crippen LogP) is 2.59. The molecule has 1 aromatic carbocycles. The monoisotopic (exact) mass is 243 g/mol. The average Bonchev–Trinajstić information content (AvgIpc) is 2.62. The molecule has 18 heavy (non-hydrogen) atoms. The first-order chi connectivity index (χ1) is 8.47. The second-order valence-corrected chi connectivity index (χ2v) is 5.10. The van der Waals surface area contributed by atoms with Gasteiger partial charge in [-0.05, 0) is 43.5 Å². The summed E-state index contributed by atoms with van der Waals surface area (Å²) in [4.78, 5) is 0. The van der Waals surface area contributed by atoms with Crippen molar-refractivity contribution in [3.8, 4) is 0 Å². The van der Waals surface area contributed by atoms with Crippen LogP contribution in [-0.4, -0.2) is 9.78 Å². The Morgan fingerprint density at radius 3 is 2.33 bits per heavy atom. The lowest BCUT2D eigenvalue weighted by Gasteiger charge is -2.17. The van der Waals surface area contributed by atoms with E-state index in [1.54, 1.807) is 0 Å². The summed E-state index contributed by atoms with van der Waals surface area (Å²) in [5.41, 5.74) is 12.5. The summed E-state index contributed by atoms with van der Waals surface area (Å²) in [6.07, 6.45) is 2.74. The Balaban J connectivity index is 2.26. The number of rotatable bonds is 3. The molecule has 0 saturated carbocycles. The fourth-order valence-corrected chi connectivity index (χ4v) is 2.68. The van der Waals surface area contributed by atoms with Gasteiger partial charge in [-0.3, -0.25) is 4.68 Å². The number of hydrogen-bond acceptors (Lipinski definition) is 2. The summed E-state index contributed by atoms with van der Waals surface area (Å²) < 4.78 is 1.82. The second-order valence-electron chi connectivity index (χ2n) is 5.10. The van der Waals surface area contributed by atoms with Gasteiger partial charge in [-0.1, -0.05) is 17.7 Å². The van der Waals surface area contributed by atoms with Gasteiger partial charge in [0, 0.05) is 25.7 Å². The summed E-state index contributed by atoms with van der Waals surface area (Å²) in [7, 11) is 1.93. The minimum Gasteiger partial charge on any atom is -0.324 e. The Morgan fingerprint density at radius 2 is 1.83 bits per heavy atom. The maximum absolute atomic E-state index is 6.34. The minimum absolute atomic E-state index is 0.0144. The fraction of sp³-hybridized carbons (Fsp3) is 0.400. The van der Waals surface area contributed by atoms with Crippen molar-refractivity contribution in [2.75, 3.05) is 0 Å². The molecular formula is C15H21N3. The third kappa shape index (κ3) is 2.62. The van der Waals surface area contributed by atoms with E-state index < -0.39 is 0 Å². The molecule has 1 unspecified atom stereocenters. The molecule has 3 nitrogen and oxygen atoms in total. The smallest absolute Gasteiger partial charge is 0.0643 e. The Morgan fingerprint density at radius 1 is 1.22 bits per heavy atom. The highest BCUT2D eigenvalue weighted by Gasteiger charge is 2.14. The van der Waals surface area contributed by atoms with Gasteiger partial charge in [0.1, 0.15) is 0 Å². The molecule has 0 bridgehead atoms. The molecule has 2 rings (SSSR count). The van der Waals surface area contributed by atoms with Crippen LogP contribution >= 0.6 is 0 Å². The first kappa shape index (κ1) is 12.8. The molecule has 1 aromatic heterocycles. The van der Waals surface area contributed by atoms with E-state index in [0.29, 0.717) is 0 Å². The zero-order valence-corrected chi connectivity index (χ0v) is 11.6. The fourth-order valence-electron chi connectivity index (χ4n) is 2.68. The van der Waals surface area contributed by atoms with E-state index in [4.69, 9.17) is 5.73 Å². The largest absolute Gasteiger partial charge is 0.324 e. The molecule has 3 heteroatoms. The van der Waals surface area contributed by atoms with Crippen LogP contribution in [0.25, 0.3) is 0 Å². The Hall–Kier alpha value is -1.61. The zero-order chi connectivity index (χ0) is 13.3. The van der Waals surface area contributed by atoms with E-state index in [2.05, 4.69) is 38.0 Å². The molecule has 2 aromatic rings. The molecule has 0 spiro atoms. The zero-order valence-electron chi connectivity index (χ0n) is 11.6. The molecule has 0 radical (unpaired) electrons. The van der Waals surface area contributed by atoms with Crippen LogP contribution < -0.4 is 5.73 Å². The van der Waals surface area contributed by atoms with E-state index in [0.717, 1.165) is 12.1 Å². The molecule has 1 atom stereocenters. The highest BCUT2D eigenvalue weighted by molar-refractivity contribution is 5.39. The Bertz CT molecular complexity index is 532. The average molecular weight is 243 g/mol. The van der Waals surface area contributed by atoms with E-state index in [1.807, 2.05) is 24.0 Å². The van der Waals surface area contributed by atoms with Crippen LogP contribution in [-0.2, 0) is 13.5 Å². The van der Waals surface area contributed by atoms with E-state index in [1.165, 1.54) is 22.3 Å². The number of hydrogen-bond donors (Lipinski definition) is 1. The predicted molar refractivity (Wildman–Crippen MR) is 74.5 cm³/mol. The summed E-state index contributed by atoms with van der Waals surface area (Å²) in [6.45, 7) is 6.38. The number of benzene rings is 1. The third-order valence-corrected chi connectivity index (χ3v) is 3.31. The molecule has 0 aliphatic rings. The number of nitrogens with zero attached hydrogens (tertiary/aromatic N) is 2. The molecule has 2 N–H and O–H groups in total. The van der Waals surface area contributed by atoms with Crippen molar-refractivity contribution in [2.24, 2.45) is 12.8 Å². The van der Waals surface area contributed by atoms with Crippen molar-refractivity contribution in [1.29, 1.82) is 0 Å². The van der Waals surface area contributed by atoms with Crippen LogP contribution in [0.1, 0.15) is 34.0 Å². The highest BCUT2D eigenvalue weighted by atomic mass is 15.2. The quantitative estimate of drug-likeness (QED) is 0.900. The number of aromatic nitrogens is 2. The van der Waals surface area contributed by atoms with Gasteiger partial charge in [0.25, 0.3) is 0 Å². The van der Waals surface area contributed by atoms with Gasteiger partial charge in [0.15, 0.2) is 0 Å². The molecule has 96 valence electrons. The van der Waals surface area contributed by atoms with Crippen molar-refractivity contribution < 1.29 is 0 Å². The third-order valence-electron chi connectivity index (χ3n) is 3.31. The summed E-state index contributed by atoms with van der Waals surface area (Å²) in [6, 6.07) is 6.43. The molecule has 0 aliphatic heterocycles. The van der Waals surface area contributed by atoms with Crippen LogP contribution in [0.3, 0.4) is 0 Å². The van der Waals surface area contributed by atoms with Crippen molar-refractivity contribution in [3.05, 3.63) is 52.3 Å². The van der Waals surface area contributed by atoms with Crippen LogP contribution in [0.4, 0.5) is 0 Å². The Labute approximate surface area is 109 Å². The van der Waals surface area contributed by atoms with E-state index in [9.17, 15) is 0 Å². The number of aryl methyl sites for hydroxylation is 4. The van der Waals surface area contributed by atoms with Crippen LogP contribution in [0.15, 0.2) is 24.4 Å². The highest BCUT2D eigenvalue weighted by Crippen LogP contribution is 2.24. The van der Waals surface area contributed by atoms with Crippen molar-refractivity contribution in [1.82, 2.24) is 9.78 Å². The molecule has 1 heterocycles. The number of nitrogens with two attached hydrogens (primary N) is 1. The van der Waals surface area contributed by atoms with E-state index in [-0.39, 0.29) is 6.04 Å². The molecule has 0 amide bonds. The van der Waals surface area contributed by atoms with Crippen molar-refractivity contribution >= 4 is 0 Å². The lowest BCUT2D eigenvalue weighted by atomic mass is 9.92. The summed E-state index contributed by atoms with van der Waals surface area (Å²) >= 11 is 0. The lowest BCUT2D eigenvalue weighted by Crippen LogP contribution is -2.16.